The van der Waals surface area contributed by atoms with E-state index in [0.29, 0.717) is 24.5 Å². The third-order valence-electron chi connectivity index (χ3n) is 7.59. The molecule has 1 fully saturated rings. The molecule has 200 valence electrons. The summed E-state index contributed by atoms with van der Waals surface area (Å²) in [5.41, 5.74) is 2.26. The summed E-state index contributed by atoms with van der Waals surface area (Å²) in [6.07, 6.45) is 7.23. The van der Waals surface area contributed by atoms with Crippen LogP contribution in [0.2, 0.25) is 0 Å². The quantitative estimate of drug-likeness (QED) is 0.275. The number of tetrazole rings is 1. The highest BCUT2D eigenvalue weighted by Gasteiger charge is 2.33. The number of pyridine rings is 1. The fourth-order valence-corrected chi connectivity index (χ4v) is 5.66. The molecule has 0 spiro atoms. The number of hydrogen-bond donors (Lipinski definition) is 1. The summed E-state index contributed by atoms with van der Waals surface area (Å²) in [5, 5.41) is 14.0. The average Bonchev–Trinajstić information content (AvgIpc) is 3.67. The van der Waals surface area contributed by atoms with Gasteiger partial charge < -0.3 is 14.1 Å². The van der Waals surface area contributed by atoms with Gasteiger partial charge in [-0.05, 0) is 65.2 Å². The fraction of sp³-hybridized carbons (Fsp3) is 0.333. The summed E-state index contributed by atoms with van der Waals surface area (Å²) in [7, 11) is 1.64. The van der Waals surface area contributed by atoms with Gasteiger partial charge in [0.2, 0.25) is 0 Å². The highest BCUT2D eigenvalue weighted by molar-refractivity contribution is 5.80. The summed E-state index contributed by atoms with van der Waals surface area (Å²) in [5.74, 6) is 2.18. The smallest absolute Gasteiger partial charge is 0.253 e. The van der Waals surface area contributed by atoms with Crippen LogP contribution in [-0.4, -0.2) is 37.2 Å². The Morgan fingerprint density at radius 3 is 2.67 bits per heavy atom. The van der Waals surface area contributed by atoms with Crippen LogP contribution in [0.15, 0.2) is 82.2 Å². The molecule has 3 aromatic heterocycles. The van der Waals surface area contributed by atoms with Gasteiger partial charge in [0.15, 0.2) is 5.82 Å². The lowest BCUT2D eigenvalue weighted by molar-refractivity contribution is 0.173. The number of H-pyrrole nitrogens is 1. The number of hydrogen-bond acceptors (Lipinski definition) is 7. The van der Waals surface area contributed by atoms with E-state index in [1.165, 1.54) is 6.42 Å². The first kappa shape index (κ1) is 25.1. The minimum absolute atomic E-state index is 0.173. The van der Waals surface area contributed by atoms with Crippen molar-refractivity contribution in [3.05, 3.63) is 106 Å². The predicted molar refractivity (Wildman–Crippen MR) is 147 cm³/mol. The fourth-order valence-electron chi connectivity index (χ4n) is 5.66. The average molecular weight is 525 g/mol. The van der Waals surface area contributed by atoms with E-state index in [1.54, 1.807) is 13.4 Å². The highest BCUT2D eigenvalue weighted by Crippen LogP contribution is 2.35. The van der Waals surface area contributed by atoms with Gasteiger partial charge in [0.1, 0.15) is 17.6 Å². The van der Waals surface area contributed by atoms with E-state index in [-0.39, 0.29) is 11.6 Å². The van der Waals surface area contributed by atoms with Crippen LogP contribution in [-0.2, 0) is 13.1 Å². The standard InChI is InChI=1S/C30H32N6O3/c1-38-24-14-15-27-22(17-24)18-26(30(37)31-27)28(29-32-33-34-36(29)23-11-6-3-7-12-23)35(20-25-13-8-16-39-25)19-21-9-4-2-5-10-21/h2,4-5,8-10,13-18,23,28H,3,6-7,11-12,19-20H2,1H3,(H,31,37)/t28-/m1/s1. The van der Waals surface area contributed by atoms with Crippen molar-refractivity contribution in [2.45, 2.75) is 57.3 Å². The van der Waals surface area contributed by atoms with Crippen molar-refractivity contribution in [1.82, 2.24) is 30.1 Å². The van der Waals surface area contributed by atoms with Gasteiger partial charge in [-0.1, -0.05) is 49.6 Å². The Morgan fingerprint density at radius 2 is 1.90 bits per heavy atom. The van der Waals surface area contributed by atoms with E-state index >= 15 is 0 Å². The molecule has 0 radical (unpaired) electrons. The molecule has 0 unspecified atom stereocenters. The lowest BCUT2D eigenvalue weighted by atomic mass is 9.95. The molecule has 0 saturated heterocycles. The molecule has 1 aliphatic rings. The number of furan rings is 1. The Balaban J connectivity index is 1.53. The number of fused-ring (bicyclic) bond motifs is 1. The molecular weight excluding hydrogens is 492 g/mol. The molecule has 3 heterocycles. The van der Waals surface area contributed by atoms with Crippen LogP contribution in [0.25, 0.3) is 10.9 Å². The molecule has 0 aliphatic heterocycles. The predicted octanol–water partition coefficient (Wildman–Crippen LogP) is 5.41. The lowest BCUT2D eigenvalue weighted by Crippen LogP contribution is -2.35. The topological polar surface area (TPSA) is 102 Å². The number of aromatic nitrogens is 5. The molecule has 39 heavy (non-hydrogen) atoms. The van der Waals surface area contributed by atoms with Gasteiger partial charge in [-0.25, -0.2) is 4.68 Å². The van der Waals surface area contributed by atoms with Crippen LogP contribution in [0.3, 0.4) is 0 Å². The number of rotatable bonds is 9. The third kappa shape index (κ3) is 5.35. The van der Waals surface area contributed by atoms with Crippen LogP contribution >= 0.6 is 0 Å². The zero-order chi connectivity index (χ0) is 26.6. The second kappa shape index (κ2) is 11.2. The molecular formula is C30H32N6O3. The Hall–Kier alpha value is -4.24. The van der Waals surface area contributed by atoms with Crippen molar-refractivity contribution in [3.63, 3.8) is 0 Å². The Morgan fingerprint density at radius 1 is 1.05 bits per heavy atom. The summed E-state index contributed by atoms with van der Waals surface area (Å²) in [6, 6.07) is 21.3. The van der Waals surface area contributed by atoms with E-state index in [4.69, 9.17) is 9.15 Å². The lowest BCUT2D eigenvalue weighted by Gasteiger charge is -2.32. The van der Waals surface area contributed by atoms with Crippen molar-refractivity contribution < 1.29 is 9.15 Å². The molecule has 5 aromatic rings. The van der Waals surface area contributed by atoms with Gasteiger partial charge in [-0.3, -0.25) is 9.69 Å². The van der Waals surface area contributed by atoms with Crippen molar-refractivity contribution in [1.29, 1.82) is 0 Å². The van der Waals surface area contributed by atoms with E-state index < -0.39 is 6.04 Å². The van der Waals surface area contributed by atoms with Crippen molar-refractivity contribution >= 4 is 10.9 Å². The molecule has 6 rings (SSSR count). The molecule has 9 nitrogen and oxygen atoms in total. The number of methoxy groups -OCH3 is 1. The zero-order valence-electron chi connectivity index (χ0n) is 22.0. The first-order chi connectivity index (χ1) is 19.2. The molecule has 1 aliphatic carbocycles. The molecule has 1 saturated carbocycles. The van der Waals surface area contributed by atoms with Gasteiger partial charge in [0.25, 0.3) is 5.56 Å². The monoisotopic (exact) mass is 524 g/mol. The zero-order valence-corrected chi connectivity index (χ0v) is 22.0. The van der Waals surface area contributed by atoms with Gasteiger partial charge in [-0.2, -0.15) is 0 Å². The summed E-state index contributed by atoms with van der Waals surface area (Å²) < 4.78 is 13.2. The second-order valence-electron chi connectivity index (χ2n) is 10.2. The van der Waals surface area contributed by atoms with Crippen LogP contribution in [0.1, 0.15) is 66.9 Å². The maximum Gasteiger partial charge on any atom is 0.253 e. The Bertz CT molecular complexity index is 1570. The largest absolute Gasteiger partial charge is 0.497 e. The Labute approximate surface area is 226 Å². The van der Waals surface area contributed by atoms with Gasteiger partial charge >= 0.3 is 0 Å². The maximum atomic E-state index is 13.8. The SMILES string of the molecule is COc1ccc2[nH]c(=O)c([C@H](c3nnnn3C3CCCCC3)N(Cc3ccccc3)Cc3ccco3)cc2c1. The van der Waals surface area contributed by atoms with Gasteiger partial charge in [0.05, 0.1) is 26.0 Å². The van der Waals surface area contributed by atoms with Gasteiger partial charge in [-0.15, -0.1) is 5.10 Å². The van der Waals surface area contributed by atoms with Crippen molar-refractivity contribution in [3.8, 4) is 5.75 Å². The maximum absolute atomic E-state index is 13.8. The molecule has 1 atom stereocenters. The Kier molecular flexibility index (Phi) is 7.23. The molecule has 0 amide bonds. The van der Waals surface area contributed by atoms with E-state index in [2.05, 4.69) is 37.5 Å². The minimum Gasteiger partial charge on any atom is -0.497 e. The van der Waals surface area contributed by atoms with Crippen molar-refractivity contribution in [2.75, 3.05) is 7.11 Å². The number of ether oxygens (including phenoxy) is 1. The van der Waals surface area contributed by atoms with Gasteiger partial charge in [0, 0.05) is 23.0 Å². The number of nitrogens with one attached hydrogen (secondary N) is 1. The van der Waals surface area contributed by atoms with Crippen LogP contribution < -0.4 is 10.3 Å². The first-order valence-corrected chi connectivity index (χ1v) is 13.5. The number of aromatic amines is 1. The van der Waals surface area contributed by atoms with Crippen molar-refractivity contribution in [2.24, 2.45) is 0 Å². The van der Waals surface area contributed by atoms with Crippen LogP contribution in [0.4, 0.5) is 0 Å². The normalized spacial score (nSPS) is 15.1. The van der Waals surface area contributed by atoms with E-state index in [0.717, 1.165) is 53.7 Å². The summed E-state index contributed by atoms with van der Waals surface area (Å²) in [6.45, 7) is 1.04. The third-order valence-corrected chi connectivity index (χ3v) is 7.59. The van der Waals surface area contributed by atoms with E-state index in [1.807, 2.05) is 59.3 Å². The number of benzene rings is 2. The highest BCUT2D eigenvalue weighted by atomic mass is 16.5. The summed E-state index contributed by atoms with van der Waals surface area (Å²) in [4.78, 5) is 19.1. The second-order valence-corrected chi connectivity index (χ2v) is 10.2. The van der Waals surface area contributed by atoms with Crippen LogP contribution in [0.5, 0.6) is 5.75 Å². The molecule has 9 heteroatoms. The minimum atomic E-state index is -0.522. The van der Waals surface area contributed by atoms with E-state index in [9.17, 15) is 4.79 Å². The molecule has 2 aromatic carbocycles. The molecule has 0 bridgehead atoms. The molecule has 1 N–H and O–H groups in total. The number of nitrogens with zero attached hydrogens (tertiary/aromatic N) is 5. The van der Waals surface area contributed by atoms with Crippen LogP contribution in [0, 0.1) is 0 Å². The summed E-state index contributed by atoms with van der Waals surface area (Å²) >= 11 is 0. The first-order valence-electron chi connectivity index (χ1n) is 13.5.